The molecule has 1 atom stereocenters. The third kappa shape index (κ3) is 5.50. The van der Waals surface area contributed by atoms with E-state index < -0.39 is 11.9 Å². The SMILES string of the molecule is CC(C)(C)NC(=O)C(CCC(=O)O)c1cccnc1. The van der Waals surface area contributed by atoms with E-state index in [0.717, 1.165) is 5.56 Å². The van der Waals surface area contributed by atoms with Crippen LogP contribution in [0, 0.1) is 0 Å². The molecule has 0 spiro atoms. The smallest absolute Gasteiger partial charge is 0.303 e. The van der Waals surface area contributed by atoms with Crippen LogP contribution in [0.5, 0.6) is 0 Å². The minimum absolute atomic E-state index is 0.0445. The number of nitrogens with one attached hydrogen (secondary N) is 1. The fraction of sp³-hybridized carbons (Fsp3) is 0.500. The Morgan fingerprint density at radius 1 is 1.42 bits per heavy atom. The number of hydrogen-bond donors (Lipinski definition) is 2. The van der Waals surface area contributed by atoms with Gasteiger partial charge in [-0.1, -0.05) is 6.07 Å². The van der Waals surface area contributed by atoms with Crippen LogP contribution >= 0.6 is 0 Å². The van der Waals surface area contributed by atoms with Crippen molar-refractivity contribution in [3.63, 3.8) is 0 Å². The van der Waals surface area contributed by atoms with E-state index in [-0.39, 0.29) is 24.3 Å². The molecule has 0 fully saturated rings. The largest absolute Gasteiger partial charge is 0.481 e. The lowest BCUT2D eigenvalue weighted by atomic mass is 9.93. The maximum Gasteiger partial charge on any atom is 0.303 e. The average molecular weight is 264 g/mol. The van der Waals surface area contributed by atoms with Gasteiger partial charge in [-0.2, -0.15) is 0 Å². The lowest BCUT2D eigenvalue weighted by Crippen LogP contribution is -2.43. The number of aliphatic carboxylic acids is 1. The molecule has 1 aromatic rings. The zero-order chi connectivity index (χ0) is 14.5. The molecule has 1 aromatic heterocycles. The van der Waals surface area contributed by atoms with Crippen LogP contribution in [0.1, 0.15) is 45.1 Å². The molecule has 0 aliphatic carbocycles. The molecule has 5 nitrogen and oxygen atoms in total. The lowest BCUT2D eigenvalue weighted by Gasteiger charge is -2.24. The number of hydrogen-bond acceptors (Lipinski definition) is 3. The predicted molar refractivity (Wildman–Crippen MR) is 71.7 cm³/mol. The lowest BCUT2D eigenvalue weighted by molar-refractivity contribution is -0.137. The van der Waals surface area contributed by atoms with Gasteiger partial charge in [0.15, 0.2) is 0 Å². The summed E-state index contributed by atoms with van der Waals surface area (Å²) in [6, 6.07) is 3.54. The van der Waals surface area contributed by atoms with Crippen LogP contribution in [0.3, 0.4) is 0 Å². The first kappa shape index (κ1) is 15.1. The molecule has 1 unspecified atom stereocenters. The molecular formula is C14H20N2O3. The van der Waals surface area contributed by atoms with E-state index in [2.05, 4.69) is 10.3 Å². The molecule has 0 aliphatic heterocycles. The summed E-state index contributed by atoms with van der Waals surface area (Å²) in [4.78, 5) is 26.9. The van der Waals surface area contributed by atoms with Gasteiger partial charge >= 0.3 is 5.97 Å². The summed E-state index contributed by atoms with van der Waals surface area (Å²) in [5.41, 5.74) is 0.395. The average Bonchev–Trinajstić information content (AvgIpc) is 2.27. The van der Waals surface area contributed by atoms with Gasteiger partial charge in [0.1, 0.15) is 0 Å². The van der Waals surface area contributed by atoms with Crippen molar-refractivity contribution in [2.24, 2.45) is 0 Å². The van der Waals surface area contributed by atoms with Gasteiger partial charge in [0.25, 0.3) is 0 Å². The number of amides is 1. The highest BCUT2D eigenvalue weighted by molar-refractivity contribution is 5.84. The first-order chi connectivity index (χ1) is 8.79. The van der Waals surface area contributed by atoms with E-state index in [9.17, 15) is 9.59 Å². The van der Waals surface area contributed by atoms with E-state index in [4.69, 9.17) is 5.11 Å². The Morgan fingerprint density at radius 3 is 2.58 bits per heavy atom. The molecule has 104 valence electrons. The number of carboxylic acid groups (broad SMARTS) is 1. The van der Waals surface area contributed by atoms with Gasteiger partial charge < -0.3 is 10.4 Å². The van der Waals surface area contributed by atoms with Gasteiger partial charge in [0, 0.05) is 24.4 Å². The number of pyridine rings is 1. The minimum atomic E-state index is -0.905. The van der Waals surface area contributed by atoms with Gasteiger partial charge in [-0.3, -0.25) is 14.6 Å². The Labute approximate surface area is 113 Å². The number of carbonyl (C=O) groups excluding carboxylic acids is 1. The van der Waals surface area contributed by atoms with E-state index in [1.807, 2.05) is 20.8 Å². The molecule has 0 aliphatic rings. The molecule has 0 saturated carbocycles. The second kappa shape index (κ2) is 6.31. The van der Waals surface area contributed by atoms with E-state index >= 15 is 0 Å². The van der Waals surface area contributed by atoms with Gasteiger partial charge in [0.2, 0.25) is 5.91 Å². The van der Waals surface area contributed by atoms with Crippen molar-refractivity contribution in [2.75, 3.05) is 0 Å². The number of carbonyl (C=O) groups is 2. The van der Waals surface area contributed by atoms with Gasteiger partial charge in [0.05, 0.1) is 5.92 Å². The number of nitrogens with zero attached hydrogens (tertiary/aromatic N) is 1. The molecule has 1 amide bonds. The summed E-state index contributed by atoms with van der Waals surface area (Å²) in [5, 5.41) is 11.7. The van der Waals surface area contributed by atoms with Crippen molar-refractivity contribution in [1.82, 2.24) is 10.3 Å². The van der Waals surface area contributed by atoms with Crippen LogP contribution in [-0.4, -0.2) is 27.5 Å². The maximum atomic E-state index is 12.2. The number of carboxylic acids is 1. The van der Waals surface area contributed by atoms with E-state index in [1.54, 1.807) is 24.5 Å². The van der Waals surface area contributed by atoms with Crippen molar-refractivity contribution in [1.29, 1.82) is 0 Å². The summed E-state index contributed by atoms with van der Waals surface area (Å²) < 4.78 is 0. The van der Waals surface area contributed by atoms with Crippen LogP contribution in [0.15, 0.2) is 24.5 Å². The highest BCUT2D eigenvalue weighted by Gasteiger charge is 2.25. The third-order valence-corrected chi connectivity index (χ3v) is 2.55. The van der Waals surface area contributed by atoms with E-state index in [0.29, 0.717) is 0 Å². The fourth-order valence-electron chi connectivity index (χ4n) is 1.76. The maximum absolute atomic E-state index is 12.2. The van der Waals surface area contributed by atoms with Crippen molar-refractivity contribution in [2.45, 2.75) is 45.1 Å². The fourth-order valence-corrected chi connectivity index (χ4v) is 1.76. The van der Waals surface area contributed by atoms with Crippen LogP contribution in [0.4, 0.5) is 0 Å². The van der Waals surface area contributed by atoms with Crippen LogP contribution in [0.25, 0.3) is 0 Å². The van der Waals surface area contributed by atoms with Crippen LogP contribution < -0.4 is 5.32 Å². The van der Waals surface area contributed by atoms with Gasteiger partial charge in [-0.25, -0.2) is 0 Å². The summed E-state index contributed by atoms with van der Waals surface area (Å²) >= 11 is 0. The second-order valence-electron chi connectivity index (χ2n) is 5.51. The Hall–Kier alpha value is -1.91. The molecule has 5 heteroatoms. The van der Waals surface area contributed by atoms with E-state index in [1.165, 1.54) is 0 Å². The minimum Gasteiger partial charge on any atom is -0.481 e. The Morgan fingerprint density at radius 2 is 2.11 bits per heavy atom. The summed E-state index contributed by atoms with van der Waals surface area (Å²) in [7, 11) is 0. The number of aromatic nitrogens is 1. The molecule has 0 saturated heterocycles. The second-order valence-corrected chi connectivity index (χ2v) is 5.51. The highest BCUT2D eigenvalue weighted by Crippen LogP contribution is 2.21. The standard InChI is InChI=1S/C14H20N2O3/c1-14(2,3)16-13(19)11(6-7-12(17)18)10-5-4-8-15-9-10/h4-5,8-9,11H,6-7H2,1-3H3,(H,16,19)(H,17,18). The third-order valence-electron chi connectivity index (χ3n) is 2.55. The van der Waals surface area contributed by atoms with Crippen LogP contribution in [0.2, 0.25) is 0 Å². The molecule has 19 heavy (non-hydrogen) atoms. The monoisotopic (exact) mass is 264 g/mol. The summed E-state index contributed by atoms with van der Waals surface area (Å²) in [6.45, 7) is 5.67. The zero-order valence-corrected chi connectivity index (χ0v) is 11.5. The Kier molecular flexibility index (Phi) is 5.03. The van der Waals surface area contributed by atoms with Crippen molar-refractivity contribution >= 4 is 11.9 Å². The molecule has 1 rings (SSSR count). The summed E-state index contributed by atoms with van der Waals surface area (Å²) in [6.07, 6.45) is 3.45. The van der Waals surface area contributed by atoms with Gasteiger partial charge in [-0.05, 0) is 38.8 Å². The quantitative estimate of drug-likeness (QED) is 0.851. The van der Waals surface area contributed by atoms with Crippen molar-refractivity contribution in [3.8, 4) is 0 Å². The molecule has 0 aromatic carbocycles. The normalized spacial score (nSPS) is 12.8. The molecular weight excluding hydrogens is 244 g/mol. The van der Waals surface area contributed by atoms with Crippen molar-refractivity contribution in [3.05, 3.63) is 30.1 Å². The molecule has 0 radical (unpaired) electrons. The first-order valence-corrected chi connectivity index (χ1v) is 6.23. The van der Waals surface area contributed by atoms with Crippen molar-refractivity contribution < 1.29 is 14.7 Å². The number of rotatable bonds is 5. The first-order valence-electron chi connectivity index (χ1n) is 6.23. The Balaban J connectivity index is 2.86. The molecule has 1 heterocycles. The summed E-state index contributed by atoms with van der Waals surface area (Å²) in [5.74, 6) is -1.55. The molecule has 2 N–H and O–H groups in total. The zero-order valence-electron chi connectivity index (χ0n) is 11.5. The van der Waals surface area contributed by atoms with Crippen LogP contribution in [-0.2, 0) is 9.59 Å². The topological polar surface area (TPSA) is 79.3 Å². The highest BCUT2D eigenvalue weighted by atomic mass is 16.4. The predicted octanol–water partition coefficient (Wildman–Crippen LogP) is 1.94. The van der Waals surface area contributed by atoms with Gasteiger partial charge in [-0.15, -0.1) is 0 Å². The Bertz CT molecular complexity index is 438. The molecule has 0 bridgehead atoms.